The van der Waals surface area contributed by atoms with Gasteiger partial charge in [0.25, 0.3) is 0 Å². The smallest absolute Gasteiger partial charge is 0.0786 e. The molecule has 0 spiro atoms. The summed E-state index contributed by atoms with van der Waals surface area (Å²) < 4.78 is 0. The van der Waals surface area contributed by atoms with Gasteiger partial charge >= 0.3 is 0 Å². The molecule has 0 radical (unpaired) electrons. The van der Waals surface area contributed by atoms with Crippen molar-refractivity contribution in [3.05, 3.63) is 0 Å². The number of hydrogen-bond donors (Lipinski definition) is 3. The van der Waals surface area contributed by atoms with Crippen LogP contribution in [0.3, 0.4) is 0 Å². The van der Waals surface area contributed by atoms with E-state index >= 15 is 0 Å². The molecule has 1 heterocycles. The lowest BCUT2D eigenvalue weighted by Crippen LogP contribution is -2.45. The largest absolute Gasteiger partial charge is 0.390 e. The molecular formula is C13H29N3O. The van der Waals surface area contributed by atoms with Crippen molar-refractivity contribution in [2.45, 2.75) is 32.8 Å². The molecule has 4 heteroatoms. The Balaban J connectivity index is 2.33. The van der Waals surface area contributed by atoms with E-state index in [0.29, 0.717) is 13.1 Å². The number of hydrogen-bond acceptors (Lipinski definition) is 4. The van der Waals surface area contributed by atoms with E-state index < -0.39 is 6.10 Å². The van der Waals surface area contributed by atoms with Gasteiger partial charge in [0.05, 0.1) is 6.10 Å². The number of piperidine rings is 1. The van der Waals surface area contributed by atoms with Crippen LogP contribution < -0.4 is 11.1 Å². The summed E-state index contributed by atoms with van der Waals surface area (Å²) in [5.41, 5.74) is 5.67. The van der Waals surface area contributed by atoms with Gasteiger partial charge in [0.15, 0.2) is 0 Å². The highest BCUT2D eigenvalue weighted by molar-refractivity contribution is 4.85. The van der Waals surface area contributed by atoms with Crippen molar-refractivity contribution in [2.75, 3.05) is 39.8 Å². The molecule has 1 rings (SSSR count). The first-order valence-corrected chi connectivity index (χ1v) is 6.73. The van der Waals surface area contributed by atoms with Crippen molar-refractivity contribution in [3.8, 4) is 0 Å². The van der Waals surface area contributed by atoms with E-state index in [1.165, 1.54) is 25.9 Å². The molecule has 0 saturated carbocycles. The number of nitrogens with zero attached hydrogens (tertiary/aromatic N) is 1. The van der Waals surface area contributed by atoms with Gasteiger partial charge in [-0.05, 0) is 37.8 Å². The first-order chi connectivity index (χ1) is 7.95. The lowest BCUT2D eigenvalue weighted by atomic mass is 9.74. The van der Waals surface area contributed by atoms with Crippen molar-refractivity contribution >= 4 is 0 Å². The van der Waals surface area contributed by atoms with Crippen LogP contribution >= 0.6 is 0 Å². The van der Waals surface area contributed by atoms with Crippen molar-refractivity contribution in [3.63, 3.8) is 0 Å². The van der Waals surface area contributed by atoms with Gasteiger partial charge in [-0.25, -0.2) is 0 Å². The summed E-state index contributed by atoms with van der Waals surface area (Å²) in [6, 6.07) is 0. The minimum absolute atomic E-state index is 0.281. The number of likely N-dealkylation sites (tertiary alicyclic amines) is 1. The molecule has 2 unspecified atom stereocenters. The fourth-order valence-electron chi connectivity index (χ4n) is 2.59. The summed E-state index contributed by atoms with van der Waals surface area (Å²) in [5, 5.41) is 12.8. The summed E-state index contributed by atoms with van der Waals surface area (Å²) >= 11 is 0. The Bertz CT molecular complexity index is 221. The lowest BCUT2D eigenvalue weighted by Gasteiger charge is -2.40. The van der Waals surface area contributed by atoms with Crippen LogP contribution in [-0.4, -0.2) is 55.9 Å². The van der Waals surface area contributed by atoms with Crippen LogP contribution in [0.25, 0.3) is 0 Å². The third-order valence-corrected chi connectivity index (χ3v) is 3.96. The van der Waals surface area contributed by atoms with Crippen molar-refractivity contribution in [1.29, 1.82) is 0 Å². The zero-order chi connectivity index (χ0) is 12.9. The minimum Gasteiger partial charge on any atom is -0.390 e. The van der Waals surface area contributed by atoms with Crippen LogP contribution in [0.15, 0.2) is 0 Å². The molecule has 0 aromatic heterocycles. The third kappa shape index (κ3) is 4.92. The second-order valence-electron chi connectivity index (χ2n) is 6.11. The molecule has 1 aliphatic heterocycles. The molecule has 0 aromatic rings. The first kappa shape index (κ1) is 14.9. The highest BCUT2D eigenvalue weighted by Crippen LogP contribution is 2.32. The van der Waals surface area contributed by atoms with Gasteiger partial charge in [-0.2, -0.15) is 0 Å². The zero-order valence-corrected chi connectivity index (χ0v) is 11.6. The van der Waals surface area contributed by atoms with Gasteiger partial charge in [-0.3, -0.25) is 0 Å². The van der Waals surface area contributed by atoms with Crippen LogP contribution in [0.5, 0.6) is 0 Å². The molecule has 4 N–H and O–H groups in total. The molecule has 0 amide bonds. The second-order valence-corrected chi connectivity index (χ2v) is 6.11. The highest BCUT2D eigenvalue weighted by atomic mass is 16.3. The van der Waals surface area contributed by atoms with E-state index in [1.807, 2.05) is 0 Å². The fraction of sp³-hybridized carbons (Fsp3) is 1.00. The van der Waals surface area contributed by atoms with Crippen molar-refractivity contribution < 1.29 is 5.11 Å². The summed E-state index contributed by atoms with van der Waals surface area (Å²) in [5.74, 6) is 0.740. The summed E-state index contributed by atoms with van der Waals surface area (Å²) in [6.45, 7) is 8.93. The molecule has 0 aliphatic carbocycles. The average Bonchev–Trinajstić information content (AvgIpc) is 2.28. The van der Waals surface area contributed by atoms with Gasteiger partial charge in [0.2, 0.25) is 0 Å². The SMILES string of the molecule is CN1CCCC(C(C)(C)CNCC(O)CN)C1. The van der Waals surface area contributed by atoms with Gasteiger partial charge in [0, 0.05) is 26.2 Å². The number of aliphatic hydroxyl groups excluding tert-OH is 1. The first-order valence-electron chi connectivity index (χ1n) is 6.73. The van der Waals surface area contributed by atoms with Crippen LogP contribution in [0.2, 0.25) is 0 Å². The van der Waals surface area contributed by atoms with E-state index in [0.717, 1.165) is 12.5 Å². The maximum Gasteiger partial charge on any atom is 0.0786 e. The average molecular weight is 243 g/mol. The molecule has 1 fully saturated rings. The van der Waals surface area contributed by atoms with Crippen molar-refractivity contribution in [2.24, 2.45) is 17.1 Å². The van der Waals surface area contributed by atoms with Gasteiger partial charge in [0.1, 0.15) is 0 Å². The summed E-state index contributed by atoms with van der Waals surface area (Å²) in [7, 11) is 2.20. The van der Waals surface area contributed by atoms with Crippen LogP contribution in [0, 0.1) is 11.3 Å². The number of aliphatic hydroxyl groups is 1. The van der Waals surface area contributed by atoms with E-state index in [4.69, 9.17) is 5.73 Å². The third-order valence-electron chi connectivity index (χ3n) is 3.96. The number of rotatable bonds is 6. The van der Waals surface area contributed by atoms with Crippen LogP contribution in [-0.2, 0) is 0 Å². The fourth-order valence-corrected chi connectivity index (χ4v) is 2.59. The molecule has 1 saturated heterocycles. The van der Waals surface area contributed by atoms with E-state index in [9.17, 15) is 5.11 Å². The molecule has 0 aromatic carbocycles. The monoisotopic (exact) mass is 243 g/mol. The predicted octanol–water partition coefficient (Wildman–Crippen LogP) is 0.264. The van der Waals surface area contributed by atoms with E-state index in [-0.39, 0.29) is 5.41 Å². The highest BCUT2D eigenvalue weighted by Gasteiger charge is 2.31. The van der Waals surface area contributed by atoms with E-state index in [1.54, 1.807) is 0 Å². The molecule has 0 bridgehead atoms. The van der Waals surface area contributed by atoms with Crippen LogP contribution in [0.4, 0.5) is 0 Å². The molecular weight excluding hydrogens is 214 g/mol. The Kier molecular flexibility index (Phi) is 5.86. The molecule has 1 aliphatic rings. The maximum absolute atomic E-state index is 9.41. The number of nitrogens with two attached hydrogens (primary N) is 1. The standard InChI is InChI=1S/C13H29N3O/c1-13(2,10-15-8-12(17)7-14)11-5-4-6-16(3)9-11/h11-12,15,17H,4-10,14H2,1-3H3. The quantitative estimate of drug-likeness (QED) is 0.626. The van der Waals surface area contributed by atoms with Crippen molar-refractivity contribution in [1.82, 2.24) is 10.2 Å². The van der Waals surface area contributed by atoms with Gasteiger partial charge in [-0.15, -0.1) is 0 Å². The Morgan fingerprint density at radius 3 is 2.82 bits per heavy atom. The van der Waals surface area contributed by atoms with Gasteiger partial charge in [-0.1, -0.05) is 13.8 Å². The Morgan fingerprint density at radius 1 is 1.53 bits per heavy atom. The summed E-state index contributed by atoms with van der Waals surface area (Å²) in [6.07, 6.45) is 2.20. The molecule has 102 valence electrons. The lowest BCUT2D eigenvalue weighted by molar-refractivity contribution is 0.0973. The number of nitrogens with one attached hydrogen (secondary N) is 1. The topological polar surface area (TPSA) is 61.5 Å². The molecule has 2 atom stereocenters. The maximum atomic E-state index is 9.41. The molecule has 17 heavy (non-hydrogen) atoms. The zero-order valence-electron chi connectivity index (χ0n) is 11.6. The predicted molar refractivity (Wildman–Crippen MR) is 71.9 cm³/mol. The Morgan fingerprint density at radius 2 is 2.24 bits per heavy atom. The molecule has 4 nitrogen and oxygen atoms in total. The minimum atomic E-state index is -0.417. The summed E-state index contributed by atoms with van der Waals surface area (Å²) in [4.78, 5) is 2.42. The van der Waals surface area contributed by atoms with Gasteiger partial charge < -0.3 is 21.1 Å². The van der Waals surface area contributed by atoms with E-state index in [2.05, 4.69) is 31.1 Å². The Labute approximate surface area is 106 Å². The normalized spacial score (nSPS) is 24.9. The van der Waals surface area contributed by atoms with Crippen LogP contribution in [0.1, 0.15) is 26.7 Å². The second kappa shape index (κ2) is 6.69. The Hall–Kier alpha value is -0.160.